The lowest BCUT2D eigenvalue weighted by Gasteiger charge is -2.16. The summed E-state index contributed by atoms with van der Waals surface area (Å²) >= 11 is 3.37. The minimum absolute atomic E-state index is 0.00298. The van der Waals surface area contributed by atoms with E-state index in [1.165, 1.54) is 0 Å². The number of nitro benzene ring substituents is 1. The average Bonchev–Trinajstić information content (AvgIpc) is 2.74. The van der Waals surface area contributed by atoms with Gasteiger partial charge in [0.2, 0.25) is 10.0 Å². The molecule has 1 fully saturated rings. The first-order valence-electron chi connectivity index (χ1n) is 5.91. The van der Waals surface area contributed by atoms with E-state index < -0.39 is 31.3 Å². The summed E-state index contributed by atoms with van der Waals surface area (Å²) in [5, 5.41) is 10.9. The van der Waals surface area contributed by atoms with E-state index in [2.05, 4.69) is 20.7 Å². The van der Waals surface area contributed by atoms with Crippen molar-refractivity contribution in [3.63, 3.8) is 0 Å². The van der Waals surface area contributed by atoms with Gasteiger partial charge in [0.15, 0.2) is 4.90 Å². The van der Waals surface area contributed by atoms with Crippen LogP contribution in [0.5, 0.6) is 0 Å². The lowest BCUT2D eigenvalue weighted by atomic mass is 10.3. The van der Waals surface area contributed by atoms with Crippen molar-refractivity contribution in [3.8, 4) is 0 Å². The monoisotopic (exact) mass is 366 g/mol. The van der Waals surface area contributed by atoms with Gasteiger partial charge in [0.1, 0.15) is 5.82 Å². The van der Waals surface area contributed by atoms with Gasteiger partial charge in [0, 0.05) is 10.9 Å². The van der Waals surface area contributed by atoms with E-state index in [1.807, 2.05) is 0 Å². The number of benzene rings is 1. The average molecular weight is 367 g/mol. The molecule has 1 aliphatic rings. The largest absolute Gasteiger partial charge is 0.292 e. The van der Waals surface area contributed by atoms with Gasteiger partial charge in [-0.25, -0.2) is 17.5 Å². The molecular weight excluding hydrogens is 355 g/mol. The van der Waals surface area contributed by atoms with Gasteiger partial charge in [-0.1, -0.05) is 22.4 Å². The van der Waals surface area contributed by atoms with Crippen molar-refractivity contribution in [2.24, 2.45) is 0 Å². The summed E-state index contributed by atoms with van der Waals surface area (Å²) in [6.07, 6.45) is 2.36. The van der Waals surface area contributed by atoms with Crippen LogP contribution in [0.15, 0.2) is 23.1 Å². The molecule has 2 rings (SSSR count). The van der Waals surface area contributed by atoms with Crippen LogP contribution in [0.3, 0.4) is 0 Å². The Hall–Kier alpha value is -1.06. The van der Waals surface area contributed by atoms with E-state index in [0.717, 1.165) is 25.0 Å². The Kier molecular flexibility index (Phi) is 4.40. The zero-order valence-corrected chi connectivity index (χ0v) is 12.7. The quantitative estimate of drug-likeness (QED) is 0.503. The number of halogens is 2. The highest BCUT2D eigenvalue weighted by Crippen LogP contribution is 2.29. The third kappa shape index (κ3) is 3.15. The van der Waals surface area contributed by atoms with Crippen molar-refractivity contribution in [1.82, 2.24) is 4.72 Å². The van der Waals surface area contributed by atoms with E-state index in [4.69, 9.17) is 0 Å². The lowest BCUT2D eigenvalue weighted by molar-refractivity contribution is -0.388. The molecule has 1 saturated carbocycles. The maximum atomic E-state index is 13.0. The molecule has 0 saturated heterocycles. The molecule has 110 valence electrons. The first kappa shape index (κ1) is 15.3. The SMILES string of the molecule is O=[N+]([O-])c1cc(F)ccc1S(=O)(=O)NC1CCCC1Br. The Labute approximate surface area is 123 Å². The van der Waals surface area contributed by atoms with Gasteiger partial charge >= 0.3 is 0 Å². The summed E-state index contributed by atoms with van der Waals surface area (Å²) in [5.41, 5.74) is -0.762. The predicted molar refractivity (Wildman–Crippen MR) is 73.7 cm³/mol. The molecule has 1 aliphatic carbocycles. The Morgan fingerprint density at radius 1 is 1.40 bits per heavy atom. The van der Waals surface area contributed by atoms with Crippen molar-refractivity contribution in [2.75, 3.05) is 0 Å². The molecule has 0 aliphatic heterocycles. The van der Waals surface area contributed by atoms with E-state index >= 15 is 0 Å². The highest BCUT2D eigenvalue weighted by Gasteiger charge is 2.33. The number of sulfonamides is 1. The van der Waals surface area contributed by atoms with Gasteiger partial charge in [-0.3, -0.25) is 10.1 Å². The molecule has 0 bridgehead atoms. The standard InChI is InChI=1S/C11H12BrFN2O4S/c12-8-2-1-3-9(8)14-20(18,19)11-5-4-7(13)6-10(11)15(16)17/h4-6,8-9,14H,1-3H2. The molecule has 0 spiro atoms. The zero-order valence-electron chi connectivity index (χ0n) is 10.3. The van der Waals surface area contributed by atoms with Crippen LogP contribution in [0.4, 0.5) is 10.1 Å². The van der Waals surface area contributed by atoms with E-state index in [9.17, 15) is 22.9 Å². The van der Waals surface area contributed by atoms with Gasteiger partial charge in [0.25, 0.3) is 5.69 Å². The van der Waals surface area contributed by atoms with Crippen LogP contribution in [-0.2, 0) is 10.0 Å². The van der Waals surface area contributed by atoms with Crippen LogP contribution in [0.25, 0.3) is 0 Å². The molecule has 0 radical (unpaired) electrons. The van der Waals surface area contributed by atoms with Crippen LogP contribution in [-0.4, -0.2) is 24.2 Å². The Balaban J connectivity index is 2.36. The molecule has 2 atom stereocenters. The summed E-state index contributed by atoms with van der Waals surface area (Å²) < 4.78 is 39.9. The first-order valence-corrected chi connectivity index (χ1v) is 8.31. The second kappa shape index (κ2) is 5.74. The maximum absolute atomic E-state index is 13.0. The zero-order chi connectivity index (χ0) is 14.9. The normalized spacial score (nSPS) is 22.9. The molecule has 0 aromatic heterocycles. The van der Waals surface area contributed by atoms with Crippen molar-refractivity contribution in [2.45, 2.75) is 35.0 Å². The molecule has 1 aromatic rings. The summed E-state index contributed by atoms with van der Waals surface area (Å²) in [6, 6.07) is 2.09. The molecule has 1 N–H and O–H groups in total. The third-order valence-corrected chi connectivity index (χ3v) is 5.78. The number of nitrogens with one attached hydrogen (secondary N) is 1. The van der Waals surface area contributed by atoms with E-state index in [-0.39, 0.29) is 10.9 Å². The highest BCUT2D eigenvalue weighted by molar-refractivity contribution is 9.09. The van der Waals surface area contributed by atoms with Crippen molar-refractivity contribution in [3.05, 3.63) is 34.1 Å². The van der Waals surface area contributed by atoms with Gasteiger partial charge < -0.3 is 0 Å². The smallest absolute Gasteiger partial charge is 0.258 e. The molecule has 0 amide bonds. The Bertz CT molecular complexity index is 637. The van der Waals surface area contributed by atoms with Crippen molar-refractivity contribution < 1.29 is 17.7 Å². The molecule has 20 heavy (non-hydrogen) atoms. The fraction of sp³-hybridized carbons (Fsp3) is 0.455. The number of hydrogen-bond acceptors (Lipinski definition) is 4. The fourth-order valence-corrected chi connectivity index (χ4v) is 4.53. The van der Waals surface area contributed by atoms with Crippen LogP contribution in [0, 0.1) is 15.9 Å². The van der Waals surface area contributed by atoms with Crippen LogP contribution < -0.4 is 4.72 Å². The summed E-state index contributed by atoms with van der Waals surface area (Å²) in [5.74, 6) is -0.852. The van der Waals surface area contributed by atoms with Gasteiger partial charge in [-0.2, -0.15) is 0 Å². The number of nitro groups is 1. The second-order valence-corrected chi connectivity index (χ2v) is 7.40. The minimum atomic E-state index is -4.06. The topological polar surface area (TPSA) is 89.3 Å². The van der Waals surface area contributed by atoms with Crippen molar-refractivity contribution >= 4 is 31.6 Å². The van der Waals surface area contributed by atoms with E-state index in [0.29, 0.717) is 12.5 Å². The maximum Gasteiger partial charge on any atom is 0.292 e. The molecule has 1 aromatic carbocycles. The fourth-order valence-electron chi connectivity index (χ4n) is 2.17. The van der Waals surface area contributed by atoms with E-state index in [1.54, 1.807) is 0 Å². The van der Waals surface area contributed by atoms with Crippen LogP contribution in [0.1, 0.15) is 19.3 Å². The van der Waals surface area contributed by atoms with Crippen molar-refractivity contribution in [1.29, 1.82) is 0 Å². The molecule has 0 heterocycles. The molecule has 6 nitrogen and oxygen atoms in total. The molecule has 2 unspecified atom stereocenters. The van der Waals surface area contributed by atoms with Crippen LogP contribution in [0.2, 0.25) is 0 Å². The summed E-state index contributed by atoms with van der Waals surface area (Å²) in [7, 11) is -4.06. The Morgan fingerprint density at radius 2 is 2.10 bits per heavy atom. The summed E-state index contributed by atoms with van der Waals surface area (Å²) in [4.78, 5) is 9.43. The van der Waals surface area contributed by atoms with Crippen LogP contribution >= 0.6 is 15.9 Å². The number of nitrogens with zero attached hydrogens (tertiary/aromatic N) is 1. The van der Waals surface area contributed by atoms with Gasteiger partial charge in [-0.05, 0) is 25.0 Å². The third-order valence-electron chi connectivity index (χ3n) is 3.15. The number of rotatable bonds is 4. The highest BCUT2D eigenvalue weighted by atomic mass is 79.9. The summed E-state index contributed by atoms with van der Waals surface area (Å²) in [6.45, 7) is 0. The first-order chi connectivity index (χ1) is 9.31. The van der Waals surface area contributed by atoms with Gasteiger partial charge in [-0.15, -0.1) is 0 Å². The van der Waals surface area contributed by atoms with Gasteiger partial charge in [0.05, 0.1) is 11.0 Å². The predicted octanol–water partition coefficient (Wildman–Crippen LogP) is 2.33. The minimum Gasteiger partial charge on any atom is -0.258 e. The second-order valence-electron chi connectivity index (χ2n) is 4.54. The molecular formula is C11H12BrFN2O4S. The lowest BCUT2D eigenvalue weighted by Crippen LogP contribution is -2.37. The molecule has 9 heteroatoms. The Morgan fingerprint density at radius 3 is 2.65 bits per heavy atom. The number of hydrogen-bond donors (Lipinski definition) is 1. The number of alkyl halides is 1.